The number of aryl methyl sites for hydroxylation is 1. The van der Waals surface area contributed by atoms with Crippen LogP contribution in [0.2, 0.25) is 0 Å². The van der Waals surface area contributed by atoms with Gasteiger partial charge in [0.2, 0.25) is 0 Å². The molecule has 0 bridgehead atoms. The number of rotatable bonds is 2. The Labute approximate surface area is 119 Å². The van der Waals surface area contributed by atoms with E-state index in [1.807, 2.05) is 29.8 Å². The number of allylic oxidation sites excluding steroid dienone is 1. The smallest absolute Gasteiger partial charge is 0.355 e. The Hall–Kier alpha value is -2.28. The molecule has 0 radical (unpaired) electrons. The maximum Gasteiger partial charge on any atom is 0.355 e. The minimum absolute atomic E-state index is 0.378. The van der Waals surface area contributed by atoms with Gasteiger partial charge in [-0.2, -0.15) is 4.40 Å². The molecule has 0 fully saturated rings. The molecule has 0 unspecified atom stereocenters. The number of esters is 1. The number of aromatic nitrogens is 2. The van der Waals surface area contributed by atoms with Gasteiger partial charge in [0.1, 0.15) is 5.70 Å². The van der Waals surface area contributed by atoms with Gasteiger partial charge >= 0.3 is 5.97 Å². The lowest BCUT2D eigenvalue weighted by Gasteiger charge is -2.12. The first-order chi connectivity index (χ1) is 9.69. The van der Waals surface area contributed by atoms with Crippen molar-refractivity contribution < 1.29 is 9.53 Å². The highest BCUT2D eigenvalue weighted by molar-refractivity contribution is 7.96. The summed E-state index contributed by atoms with van der Waals surface area (Å²) < 4.78 is 13.7. The molecule has 2 aromatic rings. The fourth-order valence-electron chi connectivity index (χ4n) is 1.96. The van der Waals surface area contributed by atoms with Gasteiger partial charge in [0, 0.05) is 12.6 Å². The Kier molecular flexibility index (Phi) is 3.19. The number of nitrogens with one attached hydrogen (secondary N) is 1. The standard InChI is InChI=1S/C13H12N4O2S/c1-17-7-14-10-5-8(3-4-12(10)17)9-6-11(13(18)19-2)16-20-15-9/h3-7,16H,1-2H3. The Morgan fingerprint density at radius 3 is 3.10 bits per heavy atom. The van der Waals surface area contributed by atoms with Gasteiger partial charge in [0.05, 0.1) is 42.3 Å². The van der Waals surface area contributed by atoms with Gasteiger partial charge in [-0.25, -0.2) is 9.78 Å². The third-order valence-electron chi connectivity index (χ3n) is 3.01. The first-order valence-electron chi connectivity index (χ1n) is 5.90. The minimum atomic E-state index is -0.413. The number of benzene rings is 1. The summed E-state index contributed by atoms with van der Waals surface area (Å²) in [5.41, 5.74) is 3.94. The van der Waals surface area contributed by atoms with Crippen LogP contribution in [0, 0.1) is 0 Å². The van der Waals surface area contributed by atoms with Crippen LogP contribution in [-0.2, 0) is 16.6 Å². The highest BCUT2D eigenvalue weighted by Crippen LogP contribution is 2.19. The van der Waals surface area contributed by atoms with Crippen molar-refractivity contribution in [1.82, 2.24) is 14.3 Å². The Bertz CT molecular complexity index is 748. The number of hydrogen-bond donors (Lipinski definition) is 1. The SMILES string of the molecule is COC(=O)C1=CC(c2ccc3c(c2)ncn3C)=NSN1. The molecule has 0 saturated heterocycles. The lowest BCUT2D eigenvalue weighted by molar-refractivity contribution is -0.136. The second-order valence-electron chi connectivity index (χ2n) is 4.28. The molecule has 0 amide bonds. The van der Waals surface area contributed by atoms with E-state index in [1.165, 1.54) is 7.11 Å². The molecular weight excluding hydrogens is 276 g/mol. The van der Waals surface area contributed by atoms with Crippen molar-refractivity contribution in [2.45, 2.75) is 0 Å². The van der Waals surface area contributed by atoms with E-state index in [0.717, 1.165) is 28.7 Å². The molecule has 0 aliphatic carbocycles. The summed E-state index contributed by atoms with van der Waals surface area (Å²) in [7, 11) is 3.29. The third-order valence-corrected chi connectivity index (χ3v) is 3.61. The fraction of sp³-hybridized carbons (Fsp3) is 0.154. The first-order valence-corrected chi connectivity index (χ1v) is 6.68. The van der Waals surface area contributed by atoms with Crippen molar-refractivity contribution in [3.8, 4) is 0 Å². The predicted molar refractivity (Wildman–Crippen MR) is 78.1 cm³/mol. The van der Waals surface area contributed by atoms with E-state index in [9.17, 15) is 4.79 Å². The molecule has 1 aromatic heterocycles. The maximum atomic E-state index is 11.5. The lowest BCUT2D eigenvalue weighted by atomic mass is 10.1. The number of hydrogen-bond acceptors (Lipinski definition) is 6. The third kappa shape index (κ3) is 2.16. The van der Waals surface area contributed by atoms with E-state index in [4.69, 9.17) is 4.74 Å². The number of nitrogens with zero attached hydrogens (tertiary/aromatic N) is 3. The Morgan fingerprint density at radius 2 is 2.30 bits per heavy atom. The van der Waals surface area contributed by atoms with Crippen LogP contribution in [0.3, 0.4) is 0 Å². The zero-order chi connectivity index (χ0) is 14.1. The van der Waals surface area contributed by atoms with Crippen LogP contribution >= 0.6 is 12.1 Å². The van der Waals surface area contributed by atoms with Gasteiger partial charge in [-0.15, -0.1) is 0 Å². The average Bonchev–Trinajstić information content (AvgIpc) is 2.87. The summed E-state index contributed by atoms with van der Waals surface area (Å²) in [6.07, 6.45) is 3.44. The van der Waals surface area contributed by atoms with Gasteiger partial charge in [-0.3, -0.25) is 0 Å². The average molecular weight is 288 g/mol. The summed E-state index contributed by atoms with van der Waals surface area (Å²) in [4.78, 5) is 15.8. The molecule has 20 heavy (non-hydrogen) atoms. The van der Waals surface area contributed by atoms with E-state index in [0.29, 0.717) is 11.4 Å². The second kappa shape index (κ2) is 5.01. The van der Waals surface area contributed by atoms with Crippen LogP contribution in [0.4, 0.5) is 0 Å². The van der Waals surface area contributed by atoms with E-state index in [1.54, 1.807) is 12.4 Å². The van der Waals surface area contributed by atoms with Crippen molar-refractivity contribution in [2.75, 3.05) is 7.11 Å². The van der Waals surface area contributed by atoms with Crippen LogP contribution in [0.5, 0.6) is 0 Å². The number of methoxy groups -OCH3 is 1. The minimum Gasteiger partial charge on any atom is -0.464 e. The van der Waals surface area contributed by atoms with Crippen LogP contribution in [0.1, 0.15) is 5.56 Å². The molecule has 0 spiro atoms. The number of carbonyl (C=O) groups excluding carboxylic acids is 1. The molecule has 102 valence electrons. The molecule has 7 heteroatoms. The van der Waals surface area contributed by atoms with Crippen molar-refractivity contribution in [2.24, 2.45) is 11.4 Å². The second-order valence-corrected chi connectivity index (χ2v) is 4.85. The normalized spacial score (nSPS) is 14.5. The molecule has 3 rings (SSSR count). The van der Waals surface area contributed by atoms with Crippen LogP contribution in [-0.4, -0.2) is 28.3 Å². The monoisotopic (exact) mass is 288 g/mol. The Morgan fingerprint density at radius 1 is 1.45 bits per heavy atom. The molecule has 2 heterocycles. The predicted octanol–water partition coefficient (Wildman–Crippen LogP) is 1.59. The zero-order valence-corrected chi connectivity index (χ0v) is 11.8. The lowest BCUT2D eigenvalue weighted by Crippen LogP contribution is -2.20. The van der Waals surface area contributed by atoms with Crippen molar-refractivity contribution in [3.05, 3.63) is 41.9 Å². The van der Waals surface area contributed by atoms with Gasteiger partial charge in [0.15, 0.2) is 0 Å². The summed E-state index contributed by atoms with van der Waals surface area (Å²) in [5.74, 6) is -0.413. The number of fused-ring (bicyclic) bond motifs is 1. The molecule has 1 aliphatic rings. The maximum absolute atomic E-state index is 11.5. The van der Waals surface area contributed by atoms with Crippen molar-refractivity contribution in [1.29, 1.82) is 0 Å². The molecule has 1 aromatic carbocycles. The zero-order valence-electron chi connectivity index (χ0n) is 11.0. The quantitative estimate of drug-likeness (QED) is 0.671. The van der Waals surface area contributed by atoms with Gasteiger partial charge < -0.3 is 14.0 Å². The van der Waals surface area contributed by atoms with E-state index in [2.05, 4.69) is 14.1 Å². The molecule has 1 aliphatic heterocycles. The van der Waals surface area contributed by atoms with E-state index in [-0.39, 0.29) is 0 Å². The number of imidazole rings is 1. The first kappa shape index (κ1) is 12.7. The summed E-state index contributed by atoms with van der Waals surface area (Å²) in [5, 5.41) is 0. The summed E-state index contributed by atoms with van der Waals surface area (Å²) >= 11 is 1.10. The molecule has 6 nitrogen and oxygen atoms in total. The molecule has 0 saturated carbocycles. The molecular formula is C13H12N4O2S. The highest BCUT2D eigenvalue weighted by Gasteiger charge is 2.16. The molecule has 0 atom stereocenters. The van der Waals surface area contributed by atoms with Crippen LogP contribution in [0.15, 0.2) is 40.7 Å². The van der Waals surface area contributed by atoms with Gasteiger partial charge in [0.25, 0.3) is 0 Å². The van der Waals surface area contributed by atoms with Gasteiger partial charge in [-0.1, -0.05) is 6.07 Å². The summed E-state index contributed by atoms with van der Waals surface area (Å²) in [6, 6.07) is 5.89. The summed E-state index contributed by atoms with van der Waals surface area (Å²) in [6.45, 7) is 0. The van der Waals surface area contributed by atoms with Gasteiger partial charge in [-0.05, 0) is 18.2 Å². The number of ether oxygens (including phenoxy) is 1. The fourth-order valence-corrected chi connectivity index (χ4v) is 2.50. The largest absolute Gasteiger partial charge is 0.464 e. The van der Waals surface area contributed by atoms with E-state index >= 15 is 0 Å². The molecule has 1 N–H and O–H groups in total. The topological polar surface area (TPSA) is 68.5 Å². The van der Waals surface area contributed by atoms with Crippen molar-refractivity contribution >= 4 is 34.8 Å². The van der Waals surface area contributed by atoms with E-state index < -0.39 is 5.97 Å². The number of carbonyl (C=O) groups is 1. The highest BCUT2D eigenvalue weighted by atomic mass is 32.2. The van der Waals surface area contributed by atoms with Crippen molar-refractivity contribution in [3.63, 3.8) is 0 Å². The Balaban J connectivity index is 2.00. The van der Waals surface area contributed by atoms with Crippen LogP contribution < -0.4 is 4.72 Å². The van der Waals surface area contributed by atoms with Crippen LogP contribution in [0.25, 0.3) is 11.0 Å².